The average molecular weight is 382 g/mol. The number of aryl methyl sites for hydroxylation is 1. The van der Waals surface area contributed by atoms with Gasteiger partial charge in [-0.15, -0.1) is 11.8 Å². The average Bonchev–Trinajstić information content (AvgIpc) is 2.70. The molecule has 0 spiro atoms. The Morgan fingerprint density at radius 2 is 1.89 bits per heavy atom. The number of hydrogen-bond donors (Lipinski definition) is 2. The second kappa shape index (κ2) is 8.77. The Hall–Kier alpha value is -2.73. The molecule has 0 saturated carbocycles. The molecule has 0 bridgehead atoms. The summed E-state index contributed by atoms with van der Waals surface area (Å²) in [5, 5.41) is 7.53. The number of rotatable bonds is 5. The van der Waals surface area contributed by atoms with E-state index in [9.17, 15) is 9.59 Å². The van der Waals surface area contributed by atoms with Gasteiger partial charge < -0.3 is 15.4 Å². The first-order valence-electron chi connectivity index (χ1n) is 8.77. The third kappa shape index (κ3) is 4.92. The van der Waals surface area contributed by atoms with Gasteiger partial charge in [-0.05, 0) is 37.1 Å². The number of carbonyl (C=O) groups is 2. The SMILES string of the molecule is Cc1ccc(C(=O)NC(C)c2ccccc2)cc1NC(=O)C1=CSCCO1. The number of carbonyl (C=O) groups excluding carboxylic acids is 2. The van der Waals surface area contributed by atoms with Crippen LogP contribution in [-0.2, 0) is 9.53 Å². The van der Waals surface area contributed by atoms with E-state index in [1.54, 1.807) is 29.3 Å². The Kier molecular flexibility index (Phi) is 6.19. The number of hydrogen-bond acceptors (Lipinski definition) is 4. The van der Waals surface area contributed by atoms with Crippen molar-refractivity contribution in [3.05, 3.63) is 76.4 Å². The van der Waals surface area contributed by atoms with E-state index in [2.05, 4.69) is 10.6 Å². The van der Waals surface area contributed by atoms with Crippen molar-refractivity contribution >= 4 is 29.3 Å². The summed E-state index contributed by atoms with van der Waals surface area (Å²) in [5.74, 6) is 0.648. The van der Waals surface area contributed by atoms with E-state index in [-0.39, 0.29) is 17.9 Å². The van der Waals surface area contributed by atoms with Gasteiger partial charge in [0.25, 0.3) is 11.8 Å². The lowest BCUT2D eigenvalue weighted by molar-refractivity contribution is -0.116. The molecule has 1 aliphatic rings. The van der Waals surface area contributed by atoms with E-state index < -0.39 is 0 Å². The van der Waals surface area contributed by atoms with E-state index in [1.165, 1.54) is 0 Å². The highest BCUT2D eigenvalue weighted by Gasteiger charge is 2.17. The third-order valence-corrected chi connectivity index (χ3v) is 5.05. The van der Waals surface area contributed by atoms with E-state index >= 15 is 0 Å². The molecule has 140 valence electrons. The van der Waals surface area contributed by atoms with E-state index in [0.29, 0.717) is 23.6 Å². The molecular weight excluding hydrogens is 360 g/mol. The zero-order valence-electron chi connectivity index (χ0n) is 15.3. The summed E-state index contributed by atoms with van der Waals surface area (Å²) in [4.78, 5) is 25.0. The minimum Gasteiger partial charge on any atom is -0.487 e. The van der Waals surface area contributed by atoms with Crippen molar-refractivity contribution in [3.63, 3.8) is 0 Å². The fraction of sp³-hybridized carbons (Fsp3) is 0.238. The predicted molar refractivity (Wildman–Crippen MR) is 109 cm³/mol. The second-order valence-corrected chi connectivity index (χ2v) is 7.27. The van der Waals surface area contributed by atoms with Crippen LogP contribution in [0.4, 0.5) is 5.69 Å². The molecule has 0 aliphatic carbocycles. The monoisotopic (exact) mass is 382 g/mol. The zero-order chi connectivity index (χ0) is 19.2. The maximum atomic E-state index is 12.6. The van der Waals surface area contributed by atoms with Crippen LogP contribution in [0.2, 0.25) is 0 Å². The quantitative estimate of drug-likeness (QED) is 0.819. The largest absolute Gasteiger partial charge is 0.487 e. The standard InChI is InChI=1S/C21H22N2O3S/c1-14-8-9-17(20(24)22-15(2)16-6-4-3-5-7-16)12-18(14)23-21(25)19-13-27-11-10-26-19/h3-9,12-13,15H,10-11H2,1-2H3,(H,22,24)(H,23,25). The van der Waals surface area contributed by atoms with Gasteiger partial charge in [-0.3, -0.25) is 9.59 Å². The molecule has 2 N–H and O–H groups in total. The van der Waals surface area contributed by atoms with Gasteiger partial charge in [0.2, 0.25) is 0 Å². The molecule has 2 amide bonds. The lowest BCUT2D eigenvalue weighted by Gasteiger charge is -2.17. The van der Waals surface area contributed by atoms with Crippen LogP contribution in [0, 0.1) is 6.92 Å². The molecule has 1 heterocycles. The fourth-order valence-corrected chi connectivity index (χ4v) is 3.30. The molecule has 0 saturated heterocycles. The highest BCUT2D eigenvalue weighted by molar-refractivity contribution is 8.02. The van der Waals surface area contributed by atoms with Crippen LogP contribution in [-0.4, -0.2) is 24.2 Å². The topological polar surface area (TPSA) is 67.4 Å². The van der Waals surface area contributed by atoms with Gasteiger partial charge >= 0.3 is 0 Å². The first kappa shape index (κ1) is 19.0. The van der Waals surface area contributed by atoms with Crippen molar-refractivity contribution in [1.82, 2.24) is 5.32 Å². The number of benzene rings is 2. The summed E-state index contributed by atoms with van der Waals surface area (Å²) in [7, 11) is 0. The first-order chi connectivity index (χ1) is 13.0. The zero-order valence-corrected chi connectivity index (χ0v) is 16.1. The molecule has 27 heavy (non-hydrogen) atoms. The number of nitrogens with one attached hydrogen (secondary N) is 2. The van der Waals surface area contributed by atoms with Gasteiger partial charge in [0.1, 0.15) is 0 Å². The summed E-state index contributed by atoms with van der Waals surface area (Å²) in [6.07, 6.45) is 0. The van der Waals surface area contributed by atoms with Crippen molar-refractivity contribution in [1.29, 1.82) is 0 Å². The predicted octanol–water partition coefficient (Wildman–Crippen LogP) is 4.03. The summed E-state index contributed by atoms with van der Waals surface area (Å²) in [6, 6.07) is 14.9. The summed E-state index contributed by atoms with van der Waals surface area (Å²) in [5.41, 5.74) is 3.00. The fourth-order valence-electron chi connectivity index (χ4n) is 2.67. The molecule has 2 aromatic carbocycles. The summed E-state index contributed by atoms with van der Waals surface area (Å²) >= 11 is 1.55. The summed E-state index contributed by atoms with van der Waals surface area (Å²) in [6.45, 7) is 4.34. The molecule has 2 aromatic rings. The Balaban J connectivity index is 1.71. The lowest BCUT2D eigenvalue weighted by Crippen LogP contribution is -2.27. The van der Waals surface area contributed by atoms with E-state index in [0.717, 1.165) is 16.9 Å². The number of ether oxygens (including phenoxy) is 1. The molecule has 0 fully saturated rings. The second-order valence-electron chi connectivity index (χ2n) is 6.29. The molecule has 3 rings (SSSR count). The van der Waals surface area contributed by atoms with Crippen LogP contribution in [0.25, 0.3) is 0 Å². The van der Waals surface area contributed by atoms with Gasteiger partial charge in [0.05, 0.1) is 12.6 Å². The minimum absolute atomic E-state index is 0.115. The van der Waals surface area contributed by atoms with Gasteiger partial charge in [-0.2, -0.15) is 0 Å². The molecule has 6 heteroatoms. The van der Waals surface area contributed by atoms with Gasteiger partial charge in [-0.25, -0.2) is 0 Å². The number of amides is 2. The molecule has 1 unspecified atom stereocenters. The highest BCUT2D eigenvalue weighted by Crippen LogP contribution is 2.21. The maximum Gasteiger partial charge on any atom is 0.291 e. The number of anilines is 1. The van der Waals surface area contributed by atoms with Gasteiger partial charge in [0, 0.05) is 22.4 Å². The first-order valence-corrected chi connectivity index (χ1v) is 9.82. The maximum absolute atomic E-state index is 12.6. The van der Waals surface area contributed by atoms with Crippen molar-refractivity contribution in [3.8, 4) is 0 Å². The van der Waals surface area contributed by atoms with Crippen molar-refractivity contribution < 1.29 is 14.3 Å². The Bertz CT molecular complexity index is 865. The minimum atomic E-state index is -0.305. The Labute approximate surface area is 163 Å². The van der Waals surface area contributed by atoms with Crippen LogP contribution in [0.15, 0.2) is 59.7 Å². The molecule has 1 aliphatic heterocycles. The van der Waals surface area contributed by atoms with E-state index in [4.69, 9.17) is 4.74 Å². The van der Waals surface area contributed by atoms with Crippen LogP contribution in [0.5, 0.6) is 0 Å². The Morgan fingerprint density at radius 3 is 2.59 bits per heavy atom. The van der Waals surface area contributed by atoms with Crippen molar-refractivity contribution in [2.24, 2.45) is 0 Å². The molecule has 1 atom stereocenters. The van der Waals surface area contributed by atoms with Gasteiger partial charge in [-0.1, -0.05) is 36.4 Å². The highest BCUT2D eigenvalue weighted by atomic mass is 32.2. The van der Waals surface area contributed by atoms with Crippen molar-refractivity contribution in [2.45, 2.75) is 19.9 Å². The molecule has 0 aromatic heterocycles. The van der Waals surface area contributed by atoms with Gasteiger partial charge in [0.15, 0.2) is 5.76 Å². The molecule has 5 nitrogen and oxygen atoms in total. The third-order valence-electron chi connectivity index (χ3n) is 4.27. The number of thioether (sulfide) groups is 1. The molecular formula is C21H22N2O3S. The lowest BCUT2D eigenvalue weighted by atomic mass is 10.1. The van der Waals surface area contributed by atoms with Crippen LogP contribution in [0.3, 0.4) is 0 Å². The van der Waals surface area contributed by atoms with Crippen LogP contribution in [0.1, 0.15) is 34.5 Å². The Morgan fingerprint density at radius 1 is 1.11 bits per heavy atom. The van der Waals surface area contributed by atoms with E-state index in [1.807, 2.05) is 50.2 Å². The molecule has 0 radical (unpaired) electrons. The van der Waals surface area contributed by atoms with Crippen LogP contribution < -0.4 is 10.6 Å². The smallest absolute Gasteiger partial charge is 0.291 e. The van der Waals surface area contributed by atoms with Crippen LogP contribution >= 0.6 is 11.8 Å². The normalized spacial score (nSPS) is 14.5. The summed E-state index contributed by atoms with van der Waals surface area (Å²) < 4.78 is 5.38. The van der Waals surface area contributed by atoms with Crippen molar-refractivity contribution in [2.75, 3.05) is 17.7 Å².